The summed E-state index contributed by atoms with van der Waals surface area (Å²) in [4.78, 5) is 45.3. The Hall–Kier alpha value is -5.81. The monoisotopic (exact) mass is 1240 g/mol. The van der Waals surface area contributed by atoms with E-state index in [1.165, 1.54) is 14.2 Å². The lowest BCUT2D eigenvalue weighted by molar-refractivity contribution is -0.198. The third-order valence-corrected chi connectivity index (χ3v) is 12.8. The number of aromatic nitrogens is 3. The van der Waals surface area contributed by atoms with Crippen LogP contribution in [-0.2, 0) is 15.4 Å². The molecular weight excluding hydrogens is 1190 g/mol. The number of amidine groups is 3. The molecule has 0 fully saturated rings. The van der Waals surface area contributed by atoms with Gasteiger partial charge in [-0.2, -0.15) is 0 Å². The molecule has 380 valence electrons. The van der Waals surface area contributed by atoms with Gasteiger partial charge in [0.2, 0.25) is 23.4 Å². The lowest BCUT2D eigenvalue weighted by atomic mass is 9.87. The van der Waals surface area contributed by atoms with Crippen LogP contribution in [0.4, 0.5) is 0 Å². The van der Waals surface area contributed by atoms with Crippen molar-refractivity contribution in [1.82, 2.24) is 25.9 Å². The van der Waals surface area contributed by atoms with E-state index in [2.05, 4.69) is 112 Å². The molecule has 0 aliphatic carbocycles. The van der Waals surface area contributed by atoms with E-state index in [-0.39, 0.29) is 17.7 Å². The smallest absolute Gasteiger partial charge is 0.228 e. The third-order valence-electron chi connectivity index (χ3n) is 10.6. The fraction of sp³-hybridized carbons (Fsp3) is 0.275. The Morgan fingerprint density at radius 1 is 0.681 bits per heavy atom. The van der Waals surface area contributed by atoms with Crippen molar-refractivity contribution in [1.29, 1.82) is 0 Å². The van der Waals surface area contributed by atoms with Gasteiger partial charge in [-0.3, -0.25) is 19.5 Å². The molecule has 17 nitrogen and oxygen atoms in total. The maximum Gasteiger partial charge on any atom is 0.228 e. The number of hydroxylamine groups is 2. The van der Waals surface area contributed by atoms with Gasteiger partial charge >= 0.3 is 0 Å². The molecule has 6 aromatic rings. The second-order valence-electron chi connectivity index (χ2n) is 17.0. The molecule has 0 saturated carbocycles. The lowest BCUT2D eigenvalue weighted by Gasteiger charge is -2.42. The summed E-state index contributed by atoms with van der Waals surface area (Å²) in [5.41, 5.74) is 12.0. The predicted octanol–water partition coefficient (Wildman–Crippen LogP) is 10.4. The first-order valence-electron chi connectivity index (χ1n) is 21.9. The van der Waals surface area contributed by atoms with Crippen molar-refractivity contribution >= 4 is 87.0 Å². The van der Waals surface area contributed by atoms with Crippen LogP contribution in [0.2, 0.25) is 0 Å². The molecule has 2 aliphatic rings. The van der Waals surface area contributed by atoms with E-state index < -0.39 is 21.3 Å². The Bertz CT molecular complexity index is 2870. The van der Waals surface area contributed by atoms with E-state index in [0.29, 0.717) is 56.4 Å². The van der Waals surface area contributed by atoms with Gasteiger partial charge in [-0.1, -0.05) is 112 Å². The van der Waals surface area contributed by atoms with E-state index in [1.54, 1.807) is 45.2 Å². The molecule has 21 heteroatoms. The largest absolute Gasteiger partial charge is 0.480 e. The molecular formula is C51H55Br4N9O8. The van der Waals surface area contributed by atoms with Gasteiger partial charge in [0.05, 0.1) is 39.1 Å². The van der Waals surface area contributed by atoms with Crippen molar-refractivity contribution in [2.75, 3.05) is 21.3 Å². The van der Waals surface area contributed by atoms with Crippen LogP contribution in [0.3, 0.4) is 0 Å². The molecule has 72 heavy (non-hydrogen) atoms. The molecule has 2 aliphatic heterocycles. The number of hydrogen-bond acceptors (Lipinski definition) is 16. The fourth-order valence-corrected chi connectivity index (χ4v) is 8.00. The van der Waals surface area contributed by atoms with Crippen LogP contribution in [-0.4, -0.2) is 85.4 Å². The Balaban J connectivity index is 0.000000186. The third kappa shape index (κ3) is 14.4. The summed E-state index contributed by atoms with van der Waals surface area (Å²) >= 11 is 13.3. The van der Waals surface area contributed by atoms with Crippen LogP contribution in [0, 0.1) is 0 Å². The van der Waals surface area contributed by atoms with Crippen LogP contribution >= 0.6 is 63.7 Å². The second-order valence-corrected chi connectivity index (χ2v) is 21.6. The highest BCUT2D eigenvalue weighted by atomic mass is 79.9. The molecule has 3 aromatic heterocycles. The van der Waals surface area contributed by atoms with Crippen LogP contribution in [0.15, 0.2) is 156 Å². The van der Waals surface area contributed by atoms with E-state index in [4.69, 9.17) is 39.8 Å². The fourth-order valence-electron chi connectivity index (χ4n) is 6.63. The number of pyridine rings is 3. The zero-order chi connectivity index (χ0) is 52.9. The van der Waals surface area contributed by atoms with Gasteiger partial charge in [-0.15, -0.1) is 0 Å². The van der Waals surface area contributed by atoms with Gasteiger partial charge < -0.3 is 30.3 Å². The summed E-state index contributed by atoms with van der Waals surface area (Å²) in [7, 11) is 4.61. The van der Waals surface area contributed by atoms with Crippen molar-refractivity contribution in [2.24, 2.45) is 20.9 Å². The minimum absolute atomic E-state index is 0.0502. The van der Waals surface area contributed by atoms with Gasteiger partial charge in [0.25, 0.3) is 0 Å². The molecule has 2 atom stereocenters. The number of nitrogens with two attached hydrogens (primary N) is 1. The summed E-state index contributed by atoms with van der Waals surface area (Å²) < 4.78 is 17.2. The number of methoxy groups -OCH3 is 3. The molecule has 2 unspecified atom stereocenters. The summed E-state index contributed by atoms with van der Waals surface area (Å²) in [6, 6.07) is 39.1. The Labute approximate surface area is 452 Å². The van der Waals surface area contributed by atoms with Crippen molar-refractivity contribution < 1.29 is 39.0 Å². The van der Waals surface area contributed by atoms with E-state index in [0.717, 1.165) is 20.1 Å². The van der Waals surface area contributed by atoms with Gasteiger partial charge in [0.15, 0.2) is 23.3 Å². The summed E-state index contributed by atoms with van der Waals surface area (Å²) in [6.45, 7) is 11.2. The van der Waals surface area contributed by atoms with Crippen molar-refractivity contribution in [3.63, 3.8) is 0 Å². The van der Waals surface area contributed by atoms with Gasteiger partial charge in [-0.05, 0) is 131 Å². The Morgan fingerprint density at radius 3 is 1.64 bits per heavy atom. The number of hydrogen-bond donors (Lipinski definition) is 5. The number of oxime groups is 1. The zero-order valence-corrected chi connectivity index (χ0v) is 47.2. The SMILES string of the molecule is CC(C)(Br)C(=O)c1ccccc1.COc1nc(/C(N)=N/O)ccc1Br.COc1nc(C2=NC(O)(c3ccccc3)C(C)(C)ON2)ccc1Br.COc1nc(C2=NC(c3ccccc3)C(C)(C)ON2)ccc1Br. The van der Waals surface area contributed by atoms with Gasteiger partial charge in [-0.25, -0.2) is 30.9 Å². The number of rotatable bonds is 10. The molecule has 0 saturated heterocycles. The number of ketones is 1. The van der Waals surface area contributed by atoms with Crippen LogP contribution in [0.1, 0.15) is 86.2 Å². The van der Waals surface area contributed by atoms with Gasteiger partial charge in [0.1, 0.15) is 34.3 Å². The maximum absolute atomic E-state index is 11.6. The van der Waals surface area contributed by atoms with Gasteiger partial charge in [0, 0.05) is 11.1 Å². The summed E-state index contributed by atoms with van der Waals surface area (Å²) in [6.07, 6.45) is 0. The van der Waals surface area contributed by atoms with Crippen LogP contribution < -0.4 is 30.9 Å². The first kappa shape index (κ1) is 57.1. The normalized spacial score (nSPS) is 17.7. The number of carbonyl (C=O) groups is 1. The average Bonchev–Trinajstić information content (AvgIpc) is 3.38. The molecule has 0 amide bonds. The molecule has 0 spiro atoms. The molecule has 3 aromatic carbocycles. The van der Waals surface area contributed by atoms with Crippen LogP contribution in [0.5, 0.6) is 17.6 Å². The number of halogens is 4. The predicted molar refractivity (Wildman–Crippen MR) is 291 cm³/mol. The number of nitrogens with zero attached hydrogens (tertiary/aromatic N) is 6. The molecule has 0 radical (unpaired) electrons. The topological polar surface area (TPSA) is 230 Å². The van der Waals surface area contributed by atoms with E-state index in [1.807, 2.05) is 119 Å². The molecule has 6 N–H and O–H groups in total. The molecule has 0 bridgehead atoms. The highest BCUT2D eigenvalue weighted by molar-refractivity contribution is 9.11. The number of Topliss-reactive ketones (excluding diaryl/α,β-unsaturated/α-hetero) is 1. The second kappa shape index (κ2) is 25.2. The Kier molecular flexibility index (Phi) is 20.0. The minimum Gasteiger partial charge on any atom is -0.480 e. The Morgan fingerprint density at radius 2 is 1.14 bits per heavy atom. The van der Waals surface area contributed by atoms with Crippen molar-refractivity contribution in [2.45, 2.75) is 68.8 Å². The average molecular weight is 1240 g/mol. The highest BCUT2D eigenvalue weighted by Gasteiger charge is 2.50. The van der Waals surface area contributed by atoms with E-state index in [9.17, 15) is 9.90 Å². The standard InChI is InChI=1S/C17H18BrN3O3.C17H18BrN3O2.C10H11BrO.C7H8BrN3O2/c1-16(2)17(22,11-7-5-4-6-8-11)20-14(21-24-16)13-10-9-12(18)15(19-13)23-3;1-17(2)14(11-7-5-4-6-8-11)20-15(21-23-17)13-10-9-12(18)16(19-13)22-3;1-10(2,11)9(12)8-6-4-3-5-7-8;1-13-7-4(8)2-3-5(10-7)6(9)11-12/h4-10,22H,1-3H3,(H,20,21);4-10,14H,1-3H3,(H,20,21);3-7H,1-2H3;2-3,12H,1H3,(H2,9,11). The number of aliphatic hydroxyl groups is 1. The number of nitrogens with one attached hydrogen (secondary N) is 2. The number of ether oxygens (including phenoxy) is 3. The van der Waals surface area contributed by atoms with Crippen molar-refractivity contribution in [3.05, 3.63) is 175 Å². The first-order valence-corrected chi connectivity index (χ1v) is 25.0. The first-order chi connectivity index (χ1) is 34.1. The number of carbonyl (C=O) groups excluding carboxylic acids is 1. The van der Waals surface area contributed by atoms with E-state index >= 15 is 0 Å². The minimum atomic E-state index is -1.56. The number of benzene rings is 3. The molecule has 5 heterocycles. The maximum atomic E-state index is 11.6. The van der Waals surface area contributed by atoms with Crippen molar-refractivity contribution in [3.8, 4) is 17.6 Å². The summed E-state index contributed by atoms with van der Waals surface area (Å²) in [5.74, 6) is 2.30. The quantitative estimate of drug-likeness (QED) is 0.0215. The lowest BCUT2D eigenvalue weighted by Crippen LogP contribution is -2.56. The molecule has 8 rings (SSSR count). The zero-order valence-electron chi connectivity index (χ0n) is 40.8. The van der Waals surface area contributed by atoms with Crippen LogP contribution in [0.25, 0.3) is 0 Å². The number of alkyl halides is 1. The number of aliphatic imine (C=N–C) groups is 2. The summed E-state index contributed by atoms with van der Waals surface area (Å²) in [5, 5.41) is 22.5. The highest BCUT2D eigenvalue weighted by Crippen LogP contribution is 2.39.